The van der Waals surface area contributed by atoms with Crippen LogP contribution in [0.5, 0.6) is 11.8 Å². The Kier molecular flexibility index (Phi) is 20.6. The van der Waals surface area contributed by atoms with Gasteiger partial charge in [-0.25, -0.2) is 24.5 Å². The number of carbonyl (C=O) groups is 5. The first-order valence-electron chi connectivity index (χ1n) is 28.7. The second-order valence-electron chi connectivity index (χ2n) is 23.5. The monoisotopic (exact) mass is 1290 g/mol. The van der Waals surface area contributed by atoms with Gasteiger partial charge in [-0.3, -0.25) is 19.4 Å². The van der Waals surface area contributed by atoms with Gasteiger partial charge >= 0.3 is 12.2 Å². The van der Waals surface area contributed by atoms with Crippen LogP contribution in [-0.4, -0.2) is 110 Å². The minimum atomic E-state index is -0.693. The molecule has 0 spiro atoms. The van der Waals surface area contributed by atoms with Crippen molar-refractivity contribution >= 4 is 87.8 Å². The van der Waals surface area contributed by atoms with Crippen LogP contribution in [0, 0.1) is 0 Å². The summed E-state index contributed by atoms with van der Waals surface area (Å²) < 4.78 is 22.6. The lowest BCUT2D eigenvalue weighted by Gasteiger charge is -2.29. The molecule has 2 fully saturated rings. The highest BCUT2D eigenvalue weighted by molar-refractivity contribution is 6.44. The number of fused-ring (bicyclic) bond motifs is 1. The van der Waals surface area contributed by atoms with Crippen LogP contribution in [0.25, 0.3) is 56.0 Å². The van der Waals surface area contributed by atoms with Crippen molar-refractivity contribution in [2.24, 2.45) is 0 Å². The van der Waals surface area contributed by atoms with E-state index in [-0.39, 0.29) is 54.5 Å². The maximum Gasteiger partial charge on any atom is 0.410 e. The van der Waals surface area contributed by atoms with Crippen LogP contribution in [-0.2, 0) is 38.6 Å². The Bertz CT molecular complexity index is 3820. The molecule has 7 aromatic rings. The lowest BCUT2D eigenvalue weighted by molar-refractivity contribution is -0.120. The third-order valence-corrected chi connectivity index (χ3v) is 16.7. The number of pyridine rings is 4. The molecule has 2 atom stereocenters. The van der Waals surface area contributed by atoms with Crippen LogP contribution in [0.1, 0.15) is 107 Å². The van der Waals surface area contributed by atoms with E-state index >= 15 is 0 Å². The Morgan fingerprint density at radius 3 is 1.48 bits per heavy atom. The van der Waals surface area contributed by atoms with Crippen LogP contribution in [0.3, 0.4) is 0 Å². The summed E-state index contributed by atoms with van der Waals surface area (Å²) >= 11 is 33.4. The number of hydrogen-bond acceptors (Lipinski definition) is 13. The fraction of sp³-hybridized carbons (Fsp3) is 0.348. The van der Waals surface area contributed by atoms with Gasteiger partial charge in [-0.05, 0) is 115 Å². The fourth-order valence-corrected chi connectivity index (χ4v) is 12.0. The van der Waals surface area contributed by atoms with Crippen molar-refractivity contribution in [1.29, 1.82) is 0 Å². The average Bonchev–Trinajstić information content (AvgIpc) is 3.26. The largest absolute Gasteiger partial charge is 0.481 e. The molecule has 10 rings (SSSR count). The van der Waals surface area contributed by atoms with Crippen LogP contribution in [0.15, 0.2) is 103 Å². The number of ketones is 1. The second-order valence-corrected chi connectivity index (χ2v) is 25.4. The molecule has 2 N–H and O–H groups in total. The van der Waals surface area contributed by atoms with E-state index < -0.39 is 23.4 Å². The van der Waals surface area contributed by atoms with Crippen LogP contribution < -0.4 is 20.1 Å². The van der Waals surface area contributed by atoms with E-state index in [2.05, 4.69) is 20.6 Å². The number of aromatic nitrogens is 4. The van der Waals surface area contributed by atoms with Gasteiger partial charge in [-0.15, -0.1) is 0 Å². The number of Topliss-reactive ketones (excluding diaryl/α,β-unsaturated/α-hetero) is 1. The zero-order chi connectivity index (χ0) is 63.2. The number of ether oxygens (including phenoxy) is 4. The van der Waals surface area contributed by atoms with E-state index in [0.29, 0.717) is 132 Å². The van der Waals surface area contributed by atoms with Crippen molar-refractivity contribution in [2.45, 2.75) is 123 Å². The summed E-state index contributed by atoms with van der Waals surface area (Å²) in [6.45, 7) is 11.8. The highest BCUT2D eigenvalue weighted by Crippen LogP contribution is 2.44. The SMILES string of the molecule is COc1nc(-c2cccc(-c3ccnc(-c4ccc5c(c4)CCCC5=O)c3Cl)c2Cl)ccc1CN(C[C@@H]1CCC(=O)N1)C(=O)OC(C)(C)C.COc1nc(-c2cccc(-c3ccnc(Cl)c3Cl)c2Cl)ccc1CN(C[C@@H]1CCC(=O)N1)C(=O)OC(C)(C)C. The third kappa shape index (κ3) is 15.6. The molecule has 3 aliphatic rings. The molecule has 4 aromatic heterocycles. The highest BCUT2D eigenvalue weighted by Gasteiger charge is 2.32. The molecule has 22 heteroatoms. The van der Waals surface area contributed by atoms with Gasteiger partial charge in [0.05, 0.1) is 64.5 Å². The van der Waals surface area contributed by atoms with Gasteiger partial charge in [-0.1, -0.05) is 107 Å². The molecule has 3 aromatic carbocycles. The molecule has 0 unspecified atom stereocenters. The van der Waals surface area contributed by atoms with E-state index in [1.807, 2.05) is 126 Å². The van der Waals surface area contributed by atoms with Crippen LogP contribution in [0.4, 0.5) is 9.59 Å². The van der Waals surface area contributed by atoms with Crippen molar-refractivity contribution in [3.05, 3.63) is 151 Å². The molecule has 2 aliphatic heterocycles. The number of amides is 4. The summed E-state index contributed by atoms with van der Waals surface area (Å²) in [6, 6.07) is 27.6. The van der Waals surface area contributed by atoms with Gasteiger partial charge in [0.2, 0.25) is 23.6 Å². The molecule has 17 nitrogen and oxygen atoms in total. The summed E-state index contributed by atoms with van der Waals surface area (Å²) in [7, 11) is 3.04. The van der Waals surface area contributed by atoms with Crippen molar-refractivity contribution in [1.82, 2.24) is 40.4 Å². The quantitative estimate of drug-likeness (QED) is 0.0918. The van der Waals surface area contributed by atoms with Crippen LogP contribution >= 0.6 is 58.0 Å². The van der Waals surface area contributed by atoms with Gasteiger partial charge in [-0.2, -0.15) is 0 Å². The summed E-state index contributed by atoms with van der Waals surface area (Å²) in [5, 5.41) is 7.67. The predicted molar refractivity (Wildman–Crippen MR) is 342 cm³/mol. The number of nitrogens with zero attached hydrogens (tertiary/aromatic N) is 6. The van der Waals surface area contributed by atoms with Gasteiger partial charge in [0.1, 0.15) is 16.4 Å². The number of halogens is 5. The molecular weight excluding hydrogens is 1230 g/mol. The summed E-state index contributed by atoms with van der Waals surface area (Å²) in [4.78, 5) is 83.5. The molecule has 88 heavy (non-hydrogen) atoms. The minimum Gasteiger partial charge on any atom is -0.481 e. The molecule has 1 aliphatic carbocycles. The van der Waals surface area contributed by atoms with Gasteiger partial charge in [0, 0.05) is 112 Å². The van der Waals surface area contributed by atoms with E-state index in [1.165, 1.54) is 14.2 Å². The number of methoxy groups -OCH3 is 2. The zero-order valence-electron chi connectivity index (χ0n) is 50.0. The summed E-state index contributed by atoms with van der Waals surface area (Å²) in [5.41, 5.74) is 8.44. The molecule has 6 heterocycles. The molecule has 0 saturated carbocycles. The van der Waals surface area contributed by atoms with Gasteiger partial charge in [0.25, 0.3) is 0 Å². The number of carbonyl (C=O) groups excluding carboxylic acids is 5. The third-order valence-electron chi connectivity index (χ3n) is 14.7. The smallest absolute Gasteiger partial charge is 0.410 e. The normalized spacial score (nSPS) is 15.5. The molecule has 4 amide bonds. The number of rotatable bonds is 15. The standard InChI is InChI=1S/C38H38Cl2N4O5.C28H29Cl3N4O4/c1-38(2,3)49-37(47)44(21-25-13-16-32(46)42-25)20-24-12-15-30(43-36(24)48-4)29-9-6-8-27(33(29)39)28-17-18-41-35(34(28)40)23-11-14-26-22(19-23)7-5-10-31(26)45;1-28(2,3)39-27(37)35(15-17-9-11-22(36)33-17)14-16-8-10-21(34-26(16)38-4)20-7-5-6-18(23(20)29)19-12-13-32-25(31)24(19)30/h6,8-9,11-12,14-15,17-19,25H,5,7,10,13,16,20-21H2,1-4H3,(H,42,46);5-8,10,12-13,17H,9,11,14-15H2,1-4H3,(H,33,36)/t25-;17-/m00/s1. The first-order valence-corrected chi connectivity index (χ1v) is 30.6. The maximum atomic E-state index is 13.2. The van der Waals surface area contributed by atoms with Crippen molar-refractivity contribution in [3.63, 3.8) is 0 Å². The number of hydrogen-bond donors (Lipinski definition) is 2. The van der Waals surface area contributed by atoms with Crippen molar-refractivity contribution in [2.75, 3.05) is 27.3 Å². The molecule has 0 radical (unpaired) electrons. The van der Waals surface area contributed by atoms with Crippen LogP contribution in [0.2, 0.25) is 25.2 Å². The number of benzene rings is 3. The number of nitrogens with one attached hydrogen (secondary N) is 2. The Balaban J connectivity index is 0.000000215. The molecule has 0 bridgehead atoms. The van der Waals surface area contributed by atoms with Crippen molar-refractivity contribution in [3.8, 4) is 67.8 Å². The summed E-state index contributed by atoms with van der Waals surface area (Å²) in [6.07, 6.45) is 6.68. The second kappa shape index (κ2) is 27.9. The molecule has 460 valence electrons. The van der Waals surface area contributed by atoms with E-state index in [0.717, 1.165) is 29.5 Å². The van der Waals surface area contributed by atoms with E-state index in [1.54, 1.807) is 28.3 Å². The molecular formula is C66H67Cl5N8O9. The van der Waals surface area contributed by atoms with Gasteiger partial charge in [0.15, 0.2) is 5.78 Å². The van der Waals surface area contributed by atoms with Gasteiger partial charge < -0.3 is 39.4 Å². The zero-order valence-corrected chi connectivity index (χ0v) is 53.8. The van der Waals surface area contributed by atoms with E-state index in [4.69, 9.17) is 86.9 Å². The lowest BCUT2D eigenvalue weighted by atomic mass is 9.88. The highest BCUT2D eigenvalue weighted by atomic mass is 35.5. The number of aryl methyl sites for hydroxylation is 1. The Hall–Kier alpha value is -7.54. The Morgan fingerprint density at radius 2 is 1.01 bits per heavy atom. The summed E-state index contributed by atoms with van der Waals surface area (Å²) in [5.74, 6) is 0.780. The maximum absolute atomic E-state index is 13.2. The average molecular weight is 1290 g/mol. The first kappa shape index (κ1) is 64.9. The Morgan fingerprint density at radius 1 is 0.545 bits per heavy atom. The lowest BCUT2D eigenvalue weighted by Crippen LogP contribution is -2.43. The Labute approximate surface area is 536 Å². The fourth-order valence-electron chi connectivity index (χ4n) is 10.6. The van der Waals surface area contributed by atoms with E-state index in [9.17, 15) is 24.0 Å². The first-order chi connectivity index (χ1) is 41.9. The minimum absolute atomic E-state index is 0.0258. The molecule has 2 saturated heterocycles. The van der Waals surface area contributed by atoms with Crippen molar-refractivity contribution < 1.29 is 42.9 Å². The topological polar surface area (TPSA) is 204 Å². The predicted octanol–water partition coefficient (Wildman–Crippen LogP) is 15.1.